The smallest absolute Gasteiger partial charge is 0.221 e. The minimum absolute atomic E-state index is 0.0572. The summed E-state index contributed by atoms with van der Waals surface area (Å²) in [4.78, 5) is 11.9. The maximum atomic E-state index is 11.9. The van der Waals surface area contributed by atoms with Crippen molar-refractivity contribution in [3.8, 4) is 5.75 Å². The van der Waals surface area contributed by atoms with E-state index in [4.69, 9.17) is 4.74 Å². The van der Waals surface area contributed by atoms with Crippen molar-refractivity contribution in [2.45, 2.75) is 26.7 Å². The third-order valence-corrected chi connectivity index (χ3v) is 3.81. The summed E-state index contributed by atoms with van der Waals surface area (Å²) >= 11 is 0. The molecule has 0 radical (unpaired) electrons. The van der Waals surface area contributed by atoms with Crippen molar-refractivity contribution >= 4 is 11.6 Å². The SMILES string of the molecule is COc1ccccc1CCNC(=O)CCNc1cc(C)cc(C)c1. The second kappa shape index (κ2) is 8.96. The average Bonchev–Trinajstić information content (AvgIpc) is 2.54. The van der Waals surface area contributed by atoms with Crippen LogP contribution in [0.1, 0.15) is 23.1 Å². The number of benzene rings is 2. The van der Waals surface area contributed by atoms with Crippen molar-refractivity contribution < 1.29 is 9.53 Å². The van der Waals surface area contributed by atoms with Gasteiger partial charge in [-0.15, -0.1) is 0 Å². The summed E-state index contributed by atoms with van der Waals surface area (Å²) in [5.41, 5.74) is 4.61. The normalized spacial score (nSPS) is 10.3. The molecule has 0 saturated heterocycles. The molecule has 0 aliphatic heterocycles. The molecule has 0 spiro atoms. The van der Waals surface area contributed by atoms with Gasteiger partial charge in [0.05, 0.1) is 7.11 Å². The van der Waals surface area contributed by atoms with E-state index in [0.29, 0.717) is 19.5 Å². The summed E-state index contributed by atoms with van der Waals surface area (Å²) < 4.78 is 5.31. The zero-order valence-electron chi connectivity index (χ0n) is 14.7. The Morgan fingerprint density at radius 2 is 1.75 bits per heavy atom. The molecule has 0 aliphatic carbocycles. The van der Waals surface area contributed by atoms with Crippen molar-refractivity contribution in [2.24, 2.45) is 0 Å². The van der Waals surface area contributed by atoms with Gasteiger partial charge in [-0.1, -0.05) is 24.3 Å². The van der Waals surface area contributed by atoms with Crippen molar-refractivity contribution in [1.82, 2.24) is 5.32 Å². The van der Waals surface area contributed by atoms with Gasteiger partial charge in [-0.2, -0.15) is 0 Å². The number of amides is 1. The first-order valence-electron chi connectivity index (χ1n) is 8.29. The van der Waals surface area contributed by atoms with Crippen LogP contribution in [0.5, 0.6) is 5.75 Å². The van der Waals surface area contributed by atoms with Crippen LogP contribution in [-0.4, -0.2) is 26.1 Å². The van der Waals surface area contributed by atoms with E-state index >= 15 is 0 Å². The lowest BCUT2D eigenvalue weighted by Gasteiger charge is -2.10. The fourth-order valence-corrected chi connectivity index (χ4v) is 2.73. The van der Waals surface area contributed by atoms with Crippen LogP contribution in [0.2, 0.25) is 0 Å². The Morgan fingerprint density at radius 1 is 1.04 bits per heavy atom. The molecule has 24 heavy (non-hydrogen) atoms. The summed E-state index contributed by atoms with van der Waals surface area (Å²) in [5, 5.41) is 6.26. The first-order valence-corrected chi connectivity index (χ1v) is 8.29. The lowest BCUT2D eigenvalue weighted by atomic mass is 10.1. The topological polar surface area (TPSA) is 50.4 Å². The van der Waals surface area contributed by atoms with Gasteiger partial charge in [-0.05, 0) is 55.2 Å². The molecule has 1 amide bonds. The van der Waals surface area contributed by atoms with Gasteiger partial charge in [0.25, 0.3) is 0 Å². The van der Waals surface area contributed by atoms with Gasteiger partial charge < -0.3 is 15.4 Å². The van der Waals surface area contributed by atoms with E-state index in [0.717, 1.165) is 23.4 Å². The van der Waals surface area contributed by atoms with Crippen molar-refractivity contribution in [3.05, 3.63) is 59.2 Å². The number of nitrogens with one attached hydrogen (secondary N) is 2. The number of carbonyl (C=O) groups is 1. The summed E-state index contributed by atoms with van der Waals surface area (Å²) in [6.07, 6.45) is 1.22. The van der Waals surface area contributed by atoms with Crippen LogP contribution in [0.3, 0.4) is 0 Å². The molecular formula is C20H26N2O2. The van der Waals surface area contributed by atoms with Crippen LogP contribution in [0, 0.1) is 13.8 Å². The Labute approximate surface area is 144 Å². The van der Waals surface area contributed by atoms with Crippen molar-refractivity contribution in [3.63, 3.8) is 0 Å². The molecule has 4 nitrogen and oxygen atoms in total. The van der Waals surface area contributed by atoms with E-state index in [1.807, 2.05) is 24.3 Å². The molecule has 0 unspecified atom stereocenters. The second-order valence-corrected chi connectivity index (χ2v) is 5.96. The molecule has 2 N–H and O–H groups in total. The van der Waals surface area contributed by atoms with Crippen LogP contribution < -0.4 is 15.4 Å². The second-order valence-electron chi connectivity index (χ2n) is 5.96. The Morgan fingerprint density at radius 3 is 2.46 bits per heavy atom. The summed E-state index contributed by atoms with van der Waals surface area (Å²) in [7, 11) is 1.66. The van der Waals surface area contributed by atoms with Crippen LogP contribution in [0.15, 0.2) is 42.5 Å². The van der Waals surface area contributed by atoms with Crippen LogP contribution in [0.25, 0.3) is 0 Å². The molecule has 2 aromatic carbocycles. The van der Waals surface area contributed by atoms with Crippen molar-refractivity contribution in [1.29, 1.82) is 0 Å². The molecule has 2 aromatic rings. The third-order valence-electron chi connectivity index (χ3n) is 3.81. The summed E-state index contributed by atoms with van der Waals surface area (Å²) in [6, 6.07) is 14.2. The first-order chi connectivity index (χ1) is 11.6. The van der Waals surface area contributed by atoms with Gasteiger partial charge in [0.15, 0.2) is 0 Å². The third kappa shape index (κ3) is 5.61. The number of hydrogen-bond donors (Lipinski definition) is 2. The molecule has 0 bridgehead atoms. The van der Waals surface area contributed by atoms with Crippen LogP contribution >= 0.6 is 0 Å². The summed E-state index contributed by atoms with van der Waals surface area (Å²) in [6.45, 7) is 5.39. The van der Waals surface area contributed by atoms with E-state index in [-0.39, 0.29) is 5.91 Å². The molecule has 2 rings (SSSR count). The predicted octanol–water partition coefficient (Wildman–Crippen LogP) is 3.47. The lowest BCUT2D eigenvalue weighted by Crippen LogP contribution is -2.27. The zero-order chi connectivity index (χ0) is 17.4. The molecule has 0 aromatic heterocycles. The number of hydrogen-bond acceptors (Lipinski definition) is 3. The number of rotatable bonds is 8. The lowest BCUT2D eigenvalue weighted by molar-refractivity contribution is -0.120. The van der Waals surface area contributed by atoms with Crippen LogP contribution in [-0.2, 0) is 11.2 Å². The van der Waals surface area contributed by atoms with Gasteiger partial charge >= 0.3 is 0 Å². The molecule has 0 atom stereocenters. The van der Waals surface area contributed by atoms with E-state index < -0.39 is 0 Å². The predicted molar refractivity (Wildman–Crippen MR) is 98.7 cm³/mol. The highest BCUT2D eigenvalue weighted by Gasteiger charge is 2.04. The van der Waals surface area contributed by atoms with Gasteiger partial charge in [0.2, 0.25) is 5.91 Å². The van der Waals surface area contributed by atoms with E-state index in [2.05, 4.69) is 42.7 Å². The Bertz CT molecular complexity index is 663. The summed E-state index contributed by atoms with van der Waals surface area (Å²) in [5.74, 6) is 0.921. The number of carbonyl (C=O) groups excluding carboxylic acids is 1. The quantitative estimate of drug-likeness (QED) is 0.781. The fourth-order valence-electron chi connectivity index (χ4n) is 2.73. The van der Waals surface area contributed by atoms with Crippen molar-refractivity contribution in [2.75, 3.05) is 25.5 Å². The number of ether oxygens (including phenoxy) is 1. The van der Waals surface area contributed by atoms with Gasteiger partial charge in [0.1, 0.15) is 5.75 Å². The standard InChI is InChI=1S/C20H26N2O2/c1-15-12-16(2)14-18(13-15)21-11-9-20(23)22-10-8-17-6-4-5-7-19(17)24-3/h4-7,12-14,21H,8-11H2,1-3H3,(H,22,23). The van der Waals surface area contributed by atoms with E-state index in [1.165, 1.54) is 11.1 Å². The average molecular weight is 326 g/mol. The minimum atomic E-state index is 0.0572. The first kappa shape index (κ1) is 17.9. The molecule has 0 aliphatic rings. The van der Waals surface area contributed by atoms with E-state index in [1.54, 1.807) is 7.11 Å². The zero-order valence-corrected chi connectivity index (χ0v) is 14.7. The maximum Gasteiger partial charge on any atom is 0.221 e. The van der Waals surface area contributed by atoms with E-state index in [9.17, 15) is 4.79 Å². The highest BCUT2D eigenvalue weighted by atomic mass is 16.5. The number of methoxy groups -OCH3 is 1. The number of aryl methyl sites for hydroxylation is 2. The van der Waals surface area contributed by atoms with Gasteiger partial charge in [0, 0.05) is 25.2 Å². The molecule has 128 valence electrons. The van der Waals surface area contributed by atoms with Crippen LogP contribution in [0.4, 0.5) is 5.69 Å². The number of anilines is 1. The Balaban J connectivity index is 1.70. The fraction of sp³-hybridized carbons (Fsp3) is 0.350. The molecule has 0 heterocycles. The molecule has 4 heteroatoms. The monoisotopic (exact) mass is 326 g/mol. The largest absolute Gasteiger partial charge is 0.496 e. The molecule has 0 fully saturated rings. The van der Waals surface area contributed by atoms with Gasteiger partial charge in [-0.25, -0.2) is 0 Å². The number of para-hydroxylation sites is 1. The Kier molecular flexibility index (Phi) is 6.67. The highest BCUT2D eigenvalue weighted by molar-refractivity contribution is 5.76. The Hall–Kier alpha value is -2.49. The molecule has 0 saturated carbocycles. The highest BCUT2D eigenvalue weighted by Crippen LogP contribution is 2.17. The minimum Gasteiger partial charge on any atom is -0.496 e. The molecular weight excluding hydrogens is 300 g/mol. The maximum absolute atomic E-state index is 11.9. The van der Waals surface area contributed by atoms with Gasteiger partial charge in [-0.3, -0.25) is 4.79 Å².